The molecule has 8 rings (SSSR count). The summed E-state index contributed by atoms with van der Waals surface area (Å²) in [6.45, 7) is 32.9. The zero-order chi connectivity index (χ0) is 85.9. The molecule has 0 aromatic heterocycles. The number of aliphatic hydroxyl groups excluding tert-OH is 2. The van der Waals surface area contributed by atoms with Crippen LogP contribution in [0.4, 0.5) is 0 Å². The van der Waals surface area contributed by atoms with Gasteiger partial charge in [-0.05, 0) is 205 Å². The van der Waals surface area contributed by atoms with Gasteiger partial charge in [0.2, 0.25) is 0 Å². The van der Waals surface area contributed by atoms with E-state index in [1.165, 1.54) is 91.6 Å². The van der Waals surface area contributed by atoms with Gasteiger partial charge >= 0.3 is 53.7 Å². The van der Waals surface area contributed by atoms with Crippen molar-refractivity contribution in [2.24, 2.45) is 32.5 Å². The Kier molecular flexibility index (Phi) is 37.4. The Morgan fingerprint density at radius 2 is 0.704 bits per heavy atom. The lowest BCUT2D eigenvalue weighted by Crippen LogP contribution is -2.32. The average Bonchev–Trinajstić information content (AvgIpc) is 0.752. The van der Waals surface area contributed by atoms with Gasteiger partial charge in [-0.25, -0.2) is 4.79 Å². The molecule has 0 aliphatic heterocycles. The van der Waals surface area contributed by atoms with Crippen LogP contribution in [0.2, 0.25) is 0 Å². The molecular weight excluding hydrogens is 1510 g/mol. The van der Waals surface area contributed by atoms with E-state index in [1.807, 2.05) is 81.4 Å². The summed E-state index contributed by atoms with van der Waals surface area (Å²) in [5, 5.41) is 33.9. The standard InChI is InChI=1S/C28H30O4.C27H30O4.2C18H32O7S/c1-6-27(2,3)26(30)31-15-14-28(4,5)32-25(29)22-16-20-12-10-18-8-7-9-19-11-13-21(17-22)24(20)23(18)19;1-5-27(2,3)26(28)31-14-13-30-23(29-4)17-18-15-21-11-9-19-7-6-8-20-10-12-22(16-18)25(21)24(19)20;2*1-7-17(2,3)16(22)25-11-13(19)10-24-14(20)8-9-26-12-18(4,5)15(21)23-6/h7-13,16-17H,6,14-15H2,1-5H3;6-12,15-16,23H,5,13-14,17H2,1-4H3;2*13,19H,7-12H2,1-6H3. The van der Waals surface area contributed by atoms with Gasteiger partial charge in [-0.15, -0.1) is 0 Å². The molecule has 0 radical (unpaired) electrons. The first kappa shape index (κ1) is 97.2. The molecule has 0 fully saturated rings. The van der Waals surface area contributed by atoms with Gasteiger partial charge in [0.05, 0.1) is 78.3 Å². The van der Waals surface area contributed by atoms with Gasteiger partial charge in [-0.2, -0.15) is 23.5 Å². The summed E-state index contributed by atoms with van der Waals surface area (Å²) in [6, 6.07) is 38.0. The largest absolute Gasteiger partial charge is 0.469 e. The molecule has 3 atom stereocenters. The first-order valence-corrected chi connectivity index (χ1v) is 41.7. The second kappa shape index (κ2) is 44.3. The third-order valence-electron chi connectivity index (χ3n) is 20.5. The molecule has 115 heavy (non-hydrogen) atoms. The van der Waals surface area contributed by atoms with Crippen molar-refractivity contribution in [1.82, 2.24) is 0 Å². The van der Waals surface area contributed by atoms with Crippen molar-refractivity contribution in [2.75, 3.05) is 90.6 Å². The zero-order valence-corrected chi connectivity index (χ0v) is 73.1. The number of ether oxygens (including phenoxy) is 11. The Morgan fingerprint density at radius 3 is 1.05 bits per heavy atom. The number of aliphatic hydroxyl groups is 2. The summed E-state index contributed by atoms with van der Waals surface area (Å²) in [5.74, 6) is -1.03. The Balaban J connectivity index is 0.000000275. The first-order valence-electron chi connectivity index (χ1n) is 39.4. The molecule has 8 aromatic carbocycles. The number of hydrogen-bond acceptors (Lipinski definition) is 24. The van der Waals surface area contributed by atoms with Crippen LogP contribution in [0.5, 0.6) is 0 Å². The van der Waals surface area contributed by atoms with E-state index in [0.29, 0.717) is 67.3 Å². The summed E-state index contributed by atoms with van der Waals surface area (Å²) in [5.41, 5.74) is -2.50. The zero-order valence-electron chi connectivity index (χ0n) is 71.4. The number of methoxy groups -OCH3 is 3. The maximum atomic E-state index is 13.0. The maximum absolute atomic E-state index is 13.0. The summed E-state index contributed by atoms with van der Waals surface area (Å²) >= 11 is 2.90. The average molecular weight is 1630 g/mol. The van der Waals surface area contributed by atoms with Crippen LogP contribution in [0.15, 0.2) is 109 Å². The van der Waals surface area contributed by atoms with Crippen molar-refractivity contribution in [3.8, 4) is 0 Å². The van der Waals surface area contributed by atoms with Crippen LogP contribution in [0, 0.1) is 32.5 Å². The van der Waals surface area contributed by atoms with Crippen molar-refractivity contribution in [3.05, 3.63) is 120 Å². The maximum Gasteiger partial charge on any atom is 0.338 e. The number of hydrogen-bond donors (Lipinski definition) is 2. The second-order valence-electron chi connectivity index (χ2n) is 33.2. The molecule has 0 aliphatic carbocycles. The van der Waals surface area contributed by atoms with E-state index in [1.54, 1.807) is 62.5 Å². The molecule has 0 aliphatic rings. The minimum Gasteiger partial charge on any atom is -0.469 e. The van der Waals surface area contributed by atoms with Gasteiger partial charge in [0, 0.05) is 43.0 Å². The molecule has 632 valence electrons. The van der Waals surface area contributed by atoms with Crippen LogP contribution in [0.25, 0.3) is 64.6 Å². The third-order valence-corrected chi connectivity index (χ3v) is 23.4. The molecule has 0 saturated carbocycles. The number of esters is 9. The molecule has 2 N–H and O–H groups in total. The van der Waals surface area contributed by atoms with E-state index in [-0.39, 0.29) is 82.3 Å². The molecule has 0 spiro atoms. The Labute approximate surface area is 687 Å². The second-order valence-corrected chi connectivity index (χ2v) is 35.4. The van der Waals surface area contributed by atoms with Gasteiger partial charge in [-0.3, -0.25) is 38.4 Å². The van der Waals surface area contributed by atoms with Crippen LogP contribution in [0.3, 0.4) is 0 Å². The molecule has 8 aromatic rings. The summed E-state index contributed by atoms with van der Waals surface area (Å²) in [4.78, 5) is 107. The minimum absolute atomic E-state index is 0.164. The van der Waals surface area contributed by atoms with E-state index in [0.717, 1.165) is 22.8 Å². The molecule has 0 amide bonds. The lowest BCUT2D eigenvalue weighted by atomic mass is 9.91. The SMILES string of the molecule is CCC(C)(C)C(=O)OCC(O)COC(=O)CCSCC(C)(C)C(=O)OC.CCC(C)(C)C(=O)OCC(O)COC(=O)CCSCC(C)(C)C(=O)OC.CCC(C)(C)C(=O)OCCC(C)(C)OC(=O)c1cc2ccc3cccc4ccc(c1)c2c34.CCC(C)(C)C(=O)OCCOC(Cc1cc2ccc3cccc4ccc(c1)c2c34)OC. The fraction of sp³-hybridized carbons (Fsp3) is 0.549. The van der Waals surface area contributed by atoms with Crippen molar-refractivity contribution in [3.63, 3.8) is 0 Å². The lowest BCUT2D eigenvalue weighted by Gasteiger charge is -2.26. The number of rotatable bonds is 40. The first-order chi connectivity index (χ1) is 53.9. The Morgan fingerprint density at radius 1 is 0.383 bits per heavy atom. The predicted octanol–water partition coefficient (Wildman–Crippen LogP) is 17.4. The van der Waals surface area contributed by atoms with E-state index in [9.17, 15) is 53.4 Å². The highest BCUT2D eigenvalue weighted by Crippen LogP contribution is 2.38. The van der Waals surface area contributed by atoms with Crippen LogP contribution in [0.1, 0.15) is 185 Å². The van der Waals surface area contributed by atoms with E-state index in [4.69, 9.17) is 52.1 Å². The smallest absolute Gasteiger partial charge is 0.338 e. The van der Waals surface area contributed by atoms with Crippen LogP contribution >= 0.6 is 23.5 Å². The van der Waals surface area contributed by atoms with Crippen LogP contribution < -0.4 is 0 Å². The van der Waals surface area contributed by atoms with Crippen molar-refractivity contribution in [2.45, 2.75) is 200 Å². The summed E-state index contributed by atoms with van der Waals surface area (Å²) in [6.07, 6.45) is 1.58. The van der Waals surface area contributed by atoms with Gasteiger partial charge in [0.25, 0.3) is 0 Å². The van der Waals surface area contributed by atoms with E-state index in [2.05, 4.69) is 97.1 Å². The quantitative estimate of drug-likeness (QED) is 0.0119. The summed E-state index contributed by atoms with van der Waals surface area (Å²) in [7, 11) is 4.33. The highest BCUT2D eigenvalue weighted by atomic mass is 32.2. The number of carbonyl (C=O) groups excluding carboxylic acids is 9. The number of benzene rings is 8. The molecule has 3 unspecified atom stereocenters. The molecule has 0 saturated heterocycles. The molecular formula is C91H124O22S2. The third kappa shape index (κ3) is 29.3. The van der Waals surface area contributed by atoms with Gasteiger partial charge in [-0.1, -0.05) is 125 Å². The van der Waals surface area contributed by atoms with E-state index >= 15 is 0 Å². The topological polar surface area (TPSA) is 296 Å². The lowest BCUT2D eigenvalue weighted by molar-refractivity contribution is -0.163. The van der Waals surface area contributed by atoms with Crippen LogP contribution in [-0.2, 0) is 96.9 Å². The highest BCUT2D eigenvalue weighted by molar-refractivity contribution is 7.99. The Bertz CT molecular complexity index is 4300. The van der Waals surface area contributed by atoms with Gasteiger partial charge in [0.15, 0.2) is 6.29 Å². The molecule has 0 bridgehead atoms. The van der Waals surface area contributed by atoms with Gasteiger partial charge < -0.3 is 62.3 Å². The van der Waals surface area contributed by atoms with Gasteiger partial charge in [0.1, 0.15) is 50.8 Å². The normalized spacial score (nSPS) is 13.0. The number of carbonyl (C=O) groups is 9. The van der Waals surface area contributed by atoms with Crippen molar-refractivity contribution < 1.29 is 105 Å². The van der Waals surface area contributed by atoms with Crippen LogP contribution in [-0.4, -0.2) is 179 Å². The van der Waals surface area contributed by atoms with E-state index < -0.39 is 80.5 Å². The Hall–Kier alpha value is -8.39. The highest BCUT2D eigenvalue weighted by Gasteiger charge is 2.34. The monoisotopic (exact) mass is 1630 g/mol. The van der Waals surface area contributed by atoms with Crippen molar-refractivity contribution >= 4 is 142 Å². The fourth-order valence-corrected chi connectivity index (χ4v) is 13.4. The fourth-order valence-electron chi connectivity index (χ4n) is 11.2. The minimum atomic E-state index is -1.05. The van der Waals surface area contributed by atoms with Crippen molar-refractivity contribution in [1.29, 1.82) is 0 Å². The molecule has 24 heteroatoms. The molecule has 22 nitrogen and oxygen atoms in total. The summed E-state index contributed by atoms with van der Waals surface area (Å²) < 4.78 is 57.4. The number of thioether (sulfide) groups is 2. The predicted molar refractivity (Wildman–Crippen MR) is 454 cm³/mol. The molecule has 0 heterocycles.